The molecule has 1 saturated heterocycles. The van der Waals surface area contributed by atoms with Crippen molar-refractivity contribution in [3.63, 3.8) is 0 Å². The molecule has 0 amide bonds. The zero-order valence-electron chi connectivity index (χ0n) is 12.5. The summed E-state index contributed by atoms with van der Waals surface area (Å²) < 4.78 is 5.47. The third kappa shape index (κ3) is 3.03. The molecule has 1 fully saturated rings. The Morgan fingerprint density at radius 3 is 2.76 bits per heavy atom. The second kappa shape index (κ2) is 6.19. The summed E-state index contributed by atoms with van der Waals surface area (Å²) >= 11 is 0. The normalized spacial score (nSPS) is 18.8. The number of nitrogens with zero attached hydrogens (tertiary/aromatic N) is 1. The van der Waals surface area contributed by atoms with Gasteiger partial charge in [0.05, 0.1) is 7.11 Å². The van der Waals surface area contributed by atoms with E-state index in [1.54, 1.807) is 7.11 Å². The van der Waals surface area contributed by atoms with Crippen molar-refractivity contribution in [3.05, 3.63) is 59.7 Å². The molecule has 3 nitrogen and oxygen atoms in total. The fraction of sp³-hybridized carbons (Fsp3) is 0.333. The van der Waals surface area contributed by atoms with Crippen LogP contribution in [0.15, 0.2) is 48.5 Å². The van der Waals surface area contributed by atoms with Crippen LogP contribution in [0.25, 0.3) is 0 Å². The average molecular weight is 282 g/mol. The Labute approximate surface area is 126 Å². The van der Waals surface area contributed by atoms with Crippen LogP contribution in [0.4, 0.5) is 5.69 Å². The van der Waals surface area contributed by atoms with Crippen LogP contribution in [0.3, 0.4) is 0 Å². The lowest BCUT2D eigenvalue weighted by Crippen LogP contribution is -2.23. The Balaban J connectivity index is 1.81. The fourth-order valence-corrected chi connectivity index (χ4v) is 3.18. The first-order valence-corrected chi connectivity index (χ1v) is 7.49. The molecule has 1 heterocycles. The van der Waals surface area contributed by atoms with Crippen LogP contribution in [0.1, 0.15) is 30.0 Å². The van der Waals surface area contributed by atoms with Gasteiger partial charge in [0.25, 0.3) is 0 Å². The molecule has 2 N–H and O–H groups in total. The van der Waals surface area contributed by atoms with Gasteiger partial charge in [-0.15, -0.1) is 0 Å². The smallest absolute Gasteiger partial charge is 0.125 e. The first-order valence-electron chi connectivity index (χ1n) is 7.49. The largest absolute Gasteiger partial charge is 0.496 e. The van der Waals surface area contributed by atoms with E-state index in [9.17, 15) is 0 Å². The van der Waals surface area contributed by atoms with Crippen molar-refractivity contribution in [2.24, 2.45) is 0 Å². The Kier molecular flexibility index (Phi) is 4.11. The van der Waals surface area contributed by atoms with Crippen LogP contribution in [-0.4, -0.2) is 18.6 Å². The molecule has 2 aromatic rings. The summed E-state index contributed by atoms with van der Waals surface area (Å²) in [5.41, 5.74) is 9.19. The van der Waals surface area contributed by atoms with E-state index in [0.717, 1.165) is 24.5 Å². The predicted molar refractivity (Wildman–Crippen MR) is 86.2 cm³/mol. The van der Waals surface area contributed by atoms with Gasteiger partial charge in [0, 0.05) is 29.9 Å². The minimum atomic E-state index is 0.508. The van der Waals surface area contributed by atoms with Crippen LogP contribution in [0.5, 0.6) is 5.75 Å². The first kappa shape index (κ1) is 14.0. The van der Waals surface area contributed by atoms with Gasteiger partial charge in [-0.1, -0.05) is 36.4 Å². The summed E-state index contributed by atoms with van der Waals surface area (Å²) in [4.78, 5) is 2.53. The summed E-state index contributed by atoms with van der Waals surface area (Å²) in [7, 11) is 1.71. The maximum Gasteiger partial charge on any atom is 0.125 e. The lowest BCUT2D eigenvalue weighted by Gasteiger charge is -2.25. The third-order valence-corrected chi connectivity index (χ3v) is 4.23. The molecular weight excluding hydrogens is 260 g/mol. The number of rotatable bonds is 4. The number of ether oxygens (including phenoxy) is 1. The van der Waals surface area contributed by atoms with E-state index in [-0.39, 0.29) is 0 Å². The summed E-state index contributed by atoms with van der Waals surface area (Å²) in [6.07, 6.45) is 2.47. The van der Waals surface area contributed by atoms with Gasteiger partial charge < -0.3 is 10.5 Å². The molecule has 1 unspecified atom stereocenters. The minimum Gasteiger partial charge on any atom is -0.496 e. The minimum absolute atomic E-state index is 0.508. The van der Waals surface area contributed by atoms with Gasteiger partial charge in [-0.2, -0.15) is 0 Å². The van der Waals surface area contributed by atoms with Crippen LogP contribution in [0.2, 0.25) is 0 Å². The third-order valence-electron chi connectivity index (χ3n) is 4.23. The number of likely N-dealkylation sites (tertiary alicyclic amines) is 1. The predicted octanol–water partition coefficient (Wildman–Crippen LogP) is 3.61. The maximum absolute atomic E-state index is 5.84. The Morgan fingerprint density at radius 1 is 1.19 bits per heavy atom. The van der Waals surface area contributed by atoms with E-state index in [2.05, 4.69) is 41.3 Å². The number of hydrogen-bond acceptors (Lipinski definition) is 3. The highest BCUT2D eigenvalue weighted by atomic mass is 16.5. The van der Waals surface area contributed by atoms with E-state index < -0.39 is 0 Å². The molecule has 21 heavy (non-hydrogen) atoms. The van der Waals surface area contributed by atoms with Crippen LogP contribution in [-0.2, 0) is 6.54 Å². The van der Waals surface area contributed by atoms with Gasteiger partial charge in [-0.25, -0.2) is 0 Å². The molecular formula is C18H22N2O. The molecule has 0 saturated carbocycles. The monoisotopic (exact) mass is 282 g/mol. The quantitative estimate of drug-likeness (QED) is 0.871. The number of benzene rings is 2. The zero-order chi connectivity index (χ0) is 14.7. The van der Waals surface area contributed by atoms with Crippen molar-refractivity contribution in [2.45, 2.75) is 25.4 Å². The molecule has 1 aliphatic rings. The van der Waals surface area contributed by atoms with Crippen molar-refractivity contribution in [1.29, 1.82) is 0 Å². The number of methoxy groups -OCH3 is 1. The van der Waals surface area contributed by atoms with Crippen LogP contribution in [0, 0.1) is 0 Å². The molecule has 0 aliphatic carbocycles. The number of nitrogen functional groups attached to an aromatic ring is 1. The molecule has 1 aliphatic heterocycles. The van der Waals surface area contributed by atoms with E-state index in [1.165, 1.54) is 24.0 Å². The number of hydrogen-bond donors (Lipinski definition) is 1. The zero-order valence-corrected chi connectivity index (χ0v) is 12.5. The molecule has 0 bridgehead atoms. The molecule has 0 aromatic heterocycles. The number of nitrogens with two attached hydrogens (primary N) is 1. The molecule has 2 aromatic carbocycles. The average Bonchev–Trinajstić information content (AvgIpc) is 2.98. The summed E-state index contributed by atoms with van der Waals surface area (Å²) in [5, 5.41) is 0. The van der Waals surface area contributed by atoms with E-state index >= 15 is 0 Å². The molecule has 1 atom stereocenters. The molecule has 0 radical (unpaired) electrons. The standard InChI is InChI=1S/C18H22N2O/c1-21-18-12-16(19)10-9-15(18)13-20-11-5-8-17(20)14-6-3-2-4-7-14/h2-4,6-7,9-10,12,17H,5,8,11,13,19H2,1H3. The highest BCUT2D eigenvalue weighted by Gasteiger charge is 2.26. The van der Waals surface area contributed by atoms with Gasteiger partial charge in [0.1, 0.15) is 5.75 Å². The molecule has 0 spiro atoms. The van der Waals surface area contributed by atoms with Gasteiger partial charge in [-0.05, 0) is 31.0 Å². The maximum atomic E-state index is 5.84. The second-order valence-corrected chi connectivity index (χ2v) is 5.61. The fourth-order valence-electron chi connectivity index (χ4n) is 3.18. The van der Waals surface area contributed by atoms with Gasteiger partial charge >= 0.3 is 0 Å². The van der Waals surface area contributed by atoms with E-state index in [1.807, 2.05) is 12.1 Å². The van der Waals surface area contributed by atoms with E-state index in [0.29, 0.717) is 6.04 Å². The number of anilines is 1. The van der Waals surface area contributed by atoms with Gasteiger partial charge in [0.15, 0.2) is 0 Å². The van der Waals surface area contributed by atoms with Crippen molar-refractivity contribution < 1.29 is 4.74 Å². The van der Waals surface area contributed by atoms with Crippen molar-refractivity contribution in [3.8, 4) is 5.75 Å². The molecule has 110 valence electrons. The summed E-state index contributed by atoms with van der Waals surface area (Å²) in [5.74, 6) is 0.883. The molecule has 3 heteroatoms. The van der Waals surface area contributed by atoms with Crippen molar-refractivity contribution >= 4 is 5.69 Å². The summed E-state index contributed by atoms with van der Waals surface area (Å²) in [6.45, 7) is 2.04. The van der Waals surface area contributed by atoms with Crippen LogP contribution >= 0.6 is 0 Å². The Hall–Kier alpha value is -2.00. The van der Waals surface area contributed by atoms with Crippen molar-refractivity contribution in [2.75, 3.05) is 19.4 Å². The van der Waals surface area contributed by atoms with Crippen LogP contribution < -0.4 is 10.5 Å². The highest BCUT2D eigenvalue weighted by Crippen LogP contribution is 2.34. The molecule has 3 rings (SSSR count). The second-order valence-electron chi connectivity index (χ2n) is 5.61. The van der Waals surface area contributed by atoms with Gasteiger partial charge in [0.2, 0.25) is 0 Å². The lowest BCUT2D eigenvalue weighted by atomic mass is 10.0. The lowest BCUT2D eigenvalue weighted by molar-refractivity contribution is 0.244. The Bertz CT molecular complexity index is 597. The Morgan fingerprint density at radius 2 is 2.00 bits per heavy atom. The van der Waals surface area contributed by atoms with Crippen molar-refractivity contribution in [1.82, 2.24) is 4.90 Å². The topological polar surface area (TPSA) is 38.5 Å². The van der Waals surface area contributed by atoms with Gasteiger partial charge in [-0.3, -0.25) is 4.90 Å². The highest BCUT2D eigenvalue weighted by molar-refractivity contribution is 5.48. The summed E-state index contributed by atoms with van der Waals surface area (Å²) in [6, 6.07) is 17.2. The SMILES string of the molecule is COc1cc(N)ccc1CN1CCCC1c1ccccc1. The van der Waals surface area contributed by atoms with E-state index in [4.69, 9.17) is 10.5 Å². The first-order chi connectivity index (χ1) is 10.3.